The number of hydrogen-bond acceptors (Lipinski definition) is 8. The van der Waals surface area contributed by atoms with Crippen molar-refractivity contribution >= 4 is 88.1 Å². The fourth-order valence-corrected chi connectivity index (χ4v) is 5.10. The highest BCUT2D eigenvalue weighted by molar-refractivity contribution is 6.18. The quantitative estimate of drug-likeness (QED) is 0.0606. The van der Waals surface area contributed by atoms with Crippen LogP contribution in [-0.2, 0) is 21.1 Å². The number of carbonyl (C=O) groups excluding carboxylic acids is 4. The molecule has 1 aromatic carbocycles. The van der Waals surface area contributed by atoms with Gasteiger partial charge < -0.3 is 41.0 Å². The summed E-state index contributed by atoms with van der Waals surface area (Å²) in [4.78, 5) is 57.7. The zero-order chi connectivity index (χ0) is 35.0. The lowest BCUT2D eigenvalue weighted by Crippen LogP contribution is -2.28. The summed E-state index contributed by atoms with van der Waals surface area (Å²) in [6.45, 7) is 1.44. The van der Waals surface area contributed by atoms with Crippen LogP contribution in [0.3, 0.4) is 0 Å². The van der Waals surface area contributed by atoms with Gasteiger partial charge in [0.15, 0.2) is 11.6 Å². The number of alkyl halides is 2. The molecular formula is C30H37Cl3N12O4. The number of imidazole rings is 1. The van der Waals surface area contributed by atoms with Gasteiger partial charge in [0.05, 0.1) is 11.5 Å². The highest BCUT2D eigenvalue weighted by atomic mass is 35.5. The molecule has 0 unspecified atom stereocenters. The van der Waals surface area contributed by atoms with Crippen molar-refractivity contribution in [3.05, 3.63) is 71.6 Å². The van der Waals surface area contributed by atoms with Crippen LogP contribution in [0.2, 0.25) is 0 Å². The van der Waals surface area contributed by atoms with Gasteiger partial charge in [-0.2, -0.15) is 5.10 Å². The number of anilines is 4. The summed E-state index contributed by atoms with van der Waals surface area (Å²) in [6.07, 6.45) is 3.29. The van der Waals surface area contributed by atoms with Gasteiger partial charge in [0, 0.05) is 88.7 Å². The van der Waals surface area contributed by atoms with E-state index in [1.807, 2.05) is 17.0 Å². The Morgan fingerprint density at radius 3 is 2.12 bits per heavy atom. The SMILES string of the molecule is Cl.Cn1cc(NC(=O)c2cc(NC(=O)c3nc(NC(=O)c4ccc(N(CCCl)CCCl)cc4)cn3C)nn2C)cc1C(=O)NCCC(=N)N. The van der Waals surface area contributed by atoms with Crippen LogP contribution in [0.4, 0.5) is 23.0 Å². The zero-order valence-corrected chi connectivity index (χ0v) is 29.2. The van der Waals surface area contributed by atoms with Crippen molar-refractivity contribution in [3.8, 4) is 0 Å². The fourth-order valence-electron chi connectivity index (χ4n) is 4.69. The van der Waals surface area contributed by atoms with E-state index >= 15 is 0 Å². The van der Waals surface area contributed by atoms with Gasteiger partial charge in [0.2, 0.25) is 5.82 Å². The summed E-state index contributed by atoms with van der Waals surface area (Å²) in [6, 6.07) is 9.87. The summed E-state index contributed by atoms with van der Waals surface area (Å²) in [5.74, 6) is -0.844. The average Bonchev–Trinajstić information content (AvgIpc) is 3.71. The molecule has 0 fully saturated rings. The molecule has 0 spiro atoms. The number of nitrogens with two attached hydrogens (primary N) is 1. The van der Waals surface area contributed by atoms with E-state index in [0.29, 0.717) is 41.8 Å². The Kier molecular flexibility index (Phi) is 13.6. The standard InChI is InChI=1S/C30H36Cl2N12O4.ClH/c1-41-16-19(14-21(41)28(46)35-11-8-23(33)34)36-29(47)22-15-24(40-43(22)3)38-30(48)26-37-25(17-42(26)2)39-27(45)18-4-6-20(7-5-18)44(12-9-31)13-10-32;/h4-7,14-17H,8-13H2,1-3H3,(H3,33,34)(H,35,46)(H,36,47)(H,39,45)(H,38,40,48);1H. The molecule has 0 aliphatic heterocycles. The minimum Gasteiger partial charge on any atom is -0.388 e. The Hall–Kier alpha value is -5.06. The van der Waals surface area contributed by atoms with Crippen LogP contribution in [-0.4, -0.2) is 84.8 Å². The third-order valence-corrected chi connectivity index (χ3v) is 7.39. The maximum Gasteiger partial charge on any atom is 0.292 e. The highest BCUT2D eigenvalue weighted by Gasteiger charge is 2.21. The molecule has 4 amide bonds. The fraction of sp³-hybridized carbons (Fsp3) is 0.300. The molecule has 4 rings (SSSR count). The number of aromatic nitrogens is 5. The molecule has 49 heavy (non-hydrogen) atoms. The van der Waals surface area contributed by atoms with Crippen molar-refractivity contribution in [2.45, 2.75) is 6.42 Å². The molecule has 0 saturated heterocycles. The molecule has 3 aromatic heterocycles. The smallest absolute Gasteiger partial charge is 0.292 e. The molecule has 0 aliphatic rings. The number of aryl methyl sites for hydroxylation is 3. The molecule has 16 nitrogen and oxygen atoms in total. The van der Waals surface area contributed by atoms with Crippen LogP contribution < -0.4 is 31.9 Å². The lowest BCUT2D eigenvalue weighted by atomic mass is 10.2. The topological polar surface area (TPSA) is 210 Å². The van der Waals surface area contributed by atoms with E-state index < -0.39 is 17.7 Å². The number of rotatable bonds is 15. The number of halogens is 3. The molecule has 7 N–H and O–H groups in total. The van der Waals surface area contributed by atoms with Crippen molar-refractivity contribution in [3.63, 3.8) is 0 Å². The summed E-state index contributed by atoms with van der Waals surface area (Å²) >= 11 is 11.8. The second kappa shape index (κ2) is 17.4. The van der Waals surface area contributed by atoms with Gasteiger partial charge in [-0.25, -0.2) is 4.98 Å². The Balaban J connectivity index is 0.00000650. The molecule has 4 aromatic rings. The van der Waals surface area contributed by atoms with E-state index in [1.165, 1.54) is 34.6 Å². The molecule has 3 heterocycles. The molecule has 0 aliphatic carbocycles. The van der Waals surface area contributed by atoms with Gasteiger partial charge in [0.1, 0.15) is 11.4 Å². The summed E-state index contributed by atoms with van der Waals surface area (Å²) in [7, 11) is 4.79. The van der Waals surface area contributed by atoms with E-state index in [0.717, 1.165) is 5.69 Å². The third kappa shape index (κ3) is 9.98. The van der Waals surface area contributed by atoms with E-state index in [9.17, 15) is 19.2 Å². The van der Waals surface area contributed by atoms with Gasteiger partial charge in [0.25, 0.3) is 23.6 Å². The van der Waals surface area contributed by atoms with Crippen LogP contribution in [0.15, 0.2) is 48.8 Å². The summed E-state index contributed by atoms with van der Waals surface area (Å²) in [5.41, 5.74) is 7.39. The first kappa shape index (κ1) is 38.4. The maximum atomic E-state index is 13.1. The van der Waals surface area contributed by atoms with E-state index in [4.69, 9.17) is 34.3 Å². The second-order valence-electron chi connectivity index (χ2n) is 10.6. The summed E-state index contributed by atoms with van der Waals surface area (Å²) < 4.78 is 4.29. The van der Waals surface area contributed by atoms with Crippen LogP contribution >= 0.6 is 35.6 Å². The van der Waals surface area contributed by atoms with Crippen LogP contribution in [0.1, 0.15) is 48.4 Å². The van der Waals surface area contributed by atoms with E-state index in [-0.39, 0.29) is 60.3 Å². The van der Waals surface area contributed by atoms with E-state index in [2.05, 4.69) is 31.3 Å². The molecule has 19 heteroatoms. The average molecular weight is 736 g/mol. The van der Waals surface area contributed by atoms with Crippen molar-refractivity contribution in [2.75, 3.05) is 52.2 Å². The Morgan fingerprint density at radius 2 is 1.49 bits per heavy atom. The predicted molar refractivity (Wildman–Crippen MR) is 192 cm³/mol. The lowest BCUT2D eigenvalue weighted by Gasteiger charge is -2.22. The zero-order valence-electron chi connectivity index (χ0n) is 26.9. The van der Waals surface area contributed by atoms with Crippen molar-refractivity contribution < 1.29 is 19.2 Å². The molecule has 262 valence electrons. The van der Waals surface area contributed by atoms with Crippen molar-refractivity contribution in [2.24, 2.45) is 26.9 Å². The number of hydrogen-bond donors (Lipinski definition) is 6. The predicted octanol–water partition coefficient (Wildman–Crippen LogP) is 3.01. The molecule has 0 atom stereocenters. The monoisotopic (exact) mass is 734 g/mol. The number of nitrogens with one attached hydrogen (secondary N) is 5. The first-order valence-electron chi connectivity index (χ1n) is 14.7. The number of amidine groups is 1. The highest BCUT2D eigenvalue weighted by Crippen LogP contribution is 2.19. The number of carbonyl (C=O) groups is 4. The van der Waals surface area contributed by atoms with E-state index in [1.54, 1.807) is 37.0 Å². The normalized spacial score (nSPS) is 10.6. The van der Waals surface area contributed by atoms with Gasteiger partial charge in [-0.1, -0.05) is 0 Å². The largest absolute Gasteiger partial charge is 0.388 e. The molecule has 0 radical (unpaired) electrons. The Morgan fingerprint density at radius 1 is 0.837 bits per heavy atom. The van der Waals surface area contributed by atoms with Crippen LogP contribution in [0.25, 0.3) is 0 Å². The van der Waals surface area contributed by atoms with Crippen molar-refractivity contribution in [1.82, 2.24) is 29.2 Å². The molecule has 0 bridgehead atoms. The van der Waals surface area contributed by atoms with Crippen LogP contribution in [0.5, 0.6) is 0 Å². The van der Waals surface area contributed by atoms with Gasteiger partial charge in [-0.3, -0.25) is 29.3 Å². The third-order valence-electron chi connectivity index (χ3n) is 7.05. The summed E-state index contributed by atoms with van der Waals surface area (Å²) in [5, 5.41) is 22.2. The minimum atomic E-state index is -0.616. The lowest BCUT2D eigenvalue weighted by molar-refractivity contribution is 0.0944. The Labute approximate surface area is 298 Å². The van der Waals surface area contributed by atoms with Gasteiger partial charge in [-0.15, -0.1) is 35.6 Å². The minimum absolute atomic E-state index is 0. The number of amides is 4. The Bertz CT molecular complexity index is 1810. The van der Waals surface area contributed by atoms with Crippen LogP contribution in [0, 0.1) is 5.41 Å². The van der Waals surface area contributed by atoms with Gasteiger partial charge in [-0.05, 0) is 30.3 Å². The first-order chi connectivity index (χ1) is 22.9. The first-order valence-corrected chi connectivity index (χ1v) is 15.7. The molecule has 0 saturated carbocycles. The second-order valence-corrected chi connectivity index (χ2v) is 11.4. The van der Waals surface area contributed by atoms with Crippen molar-refractivity contribution in [1.29, 1.82) is 5.41 Å². The number of benzene rings is 1. The molecular weight excluding hydrogens is 699 g/mol. The maximum absolute atomic E-state index is 13.1. The number of nitrogens with zero attached hydrogens (tertiary/aromatic N) is 6. The van der Waals surface area contributed by atoms with Gasteiger partial charge >= 0.3 is 0 Å².